The molecule has 0 N–H and O–H groups in total. The number of rotatable bonds is 4. The summed E-state index contributed by atoms with van der Waals surface area (Å²) in [4.78, 5) is 23.1. The average Bonchev–Trinajstić information content (AvgIpc) is 2.64. The molecule has 0 saturated heterocycles. The van der Waals surface area contributed by atoms with E-state index >= 15 is 0 Å². The Morgan fingerprint density at radius 2 is 2.12 bits per heavy atom. The molecule has 4 heteroatoms. The Morgan fingerprint density at radius 3 is 2.76 bits per heavy atom. The van der Waals surface area contributed by atoms with Crippen LogP contribution < -0.4 is 5.76 Å². The maximum atomic E-state index is 11.6. The summed E-state index contributed by atoms with van der Waals surface area (Å²) in [5.41, 5.74) is 1.84. The molecule has 0 saturated carbocycles. The molecule has 0 spiro atoms. The van der Waals surface area contributed by atoms with Crippen molar-refractivity contribution >= 4 is 16.9 Å². The first kappa shape index (κ1) is 11.6. The van der Waals surface area contributed by atoms with Crippen molar-refractivity contribution < 1.29 is 9.21 Å². The molecule has 0 amide bonds. The SMILES string of the molecule is CCCn1c(=O)oc2cc(C(=O)CC)ccc21. The fourth-order valence-electron chi connectivity index (χ4n) is 1.88. The first-order valence-corrected chi connectivity index (χ1v) is 5.84. The zero-order chi connectivity index (χ0) is 12.4. The first-order chi connectivity index (χ1) is 8.17. The zero-order valence-corrected chi connectivity index (χ0v) is 10.0. The molecular weight excluding hydrogens is 218 g/mol. The molecule has 0 radical (unpaired) electrons. The number of carbonyl (C=O) groups is 1. The van der Waals surface area contributed by atoms with Crippen LogP contribution in [0.1, 0.15) is 37.0 Å². The van der Waals surface area contributed by atoms with Crippen molar-refractivity contribution in [2.24, 2.45) is 0 Å². The highest BCUT2D eigenvalue weighted by atomic mass is 16.4. The topological polar surface area (TPSA) is 52.2 Å². The molecule has 0 atom stereocenters. The number of hydrogen-bond donors (Lipinski definition) is 0. The summed E-state index contributed by atoms with van der Waals surface area (Å²) >= 11 is 0. The largest absolute Gasteiger partial charge is 0.419 e. The second-order valence-corrected chi connectivity index (χ2v) is 3.98. The molecule has 1 aromatic carbocycles. The molecular formula is C13H15NO3. The van der Waals surface area contributed by atoms with Crippen molar-refractivity contribution in [2.45, 2.75) is 33.2 Å². The van der Waals surface area contributed by atoms with Crippen molar-refractivity contribution in [3.05, 3.63) is 34.3 Å². The number of fused-ring (bicyclic) bond motifs is 1. The quantitative estimate of drug-likeness (QED) is 0.763. The fourth-order valence-corrected chi connectivity index (χ4v) is 1.88. The van der Waals surface area contributed by atoms with Crippen LogP contribution in [0.5, 0.6) is 0 Å². The standard InChI is InChI=1S/C13H15NO3/c1-3-7-14-10-6-5-9(11(15)4-2)8-12(10)17-13(14)16/h5-6,8H,3-4,7H2,1-2H3. The maximum absolute atomic E-state index is 11.6. The second kappa shape index (κ2) is 4.57. The highest BCUT2D eigenvalue weighted by molar-refractivity contribution is 5.98. The number of Topliss-reactive ketones (excluding diaryl/α,β-unsaturated/α-hetero) is 1. The molecule has 1 heterocycles. The molecule has 2 aromatic rings. The lowest BCUT2D eigenvalue weighted by atomic mass is 10.1. The predicted molar refractivity (Wildman–Crippen MR) is 65.4 cm³/mol. The summed E-state index contributed by atoms with van der Waals surface area (Å²) in [5.74, 6) is -0.305. The first-order valence-electron chi connectivity index (χ1n) is 5.84. The Labute approximate surface area is 98.8 Å². The third-order valence-electron chi connectivity index (χ3n) is 2.76. The minimum Gasteiger partial charge on any atom is -0.408 e. The van der Waals surface area contributed by atoms with Gasteiger partial charge in [0.25, 0.3) is 0 Å². The van der Waals surface area contributed by atoms with E-state index in [1.54, 1.807) is 22.8 Å². The van der Waals surface area contributed by atoms with E-state index in [0.29, 0.717) is 24.1 Å². The van der Waals surface area contributed by atoms with Crippen molar-refractivity contribution in [2.75, 3.05) is 0 Å². The van der Waals surface area contributed by atoms with Gasteiger partial charge in [0.15, 0.2) is 11.4 Å². The summed E-state index contributed by atoms with van der Waals surface area (Å²) in [6, 6.07) is 5.17. The smallest absolute Gasteiger partial charge is 0.408 e. The van der Waals surface area contributed by atoms with Gasteiger partial charge < -0.3 is 4.42 Å². The number of nitrogens with zero attached hydrogens (tertiary/aromatic N) is 1. The number of aryl methyl sites for hydroxylation is 1. The normalized spacial score (nSPS) is 10.9. The van der Waals surface area contributed by atoms with Gasteiger partial charge in [-0.1, -0.05) is 13.8 Å². The molecule has 0 fully saturated rings. The van der Waals surface area contributed by atoms with E-state index < -0.39 is 0 Å². The van der Waals surface area contributed by atoms with Crippen LogP contribution >= 0.6 is 0 Å². The van der Waals surface area contributed by atoms with Gasteiger partial charge in [-0.05, 0) is 24.6 Å². The van der Waals surface area contributed by atoms with Crippen LogP contribution in [0.15, 0.2) is 27.4 Å². The van der Waals surface area contributed by atoms with E-state index in [9.17, 15) is 9.59 Å². The van der Waals surface area contributed by atoms with Gasteiger partial charge in [0.1, 0.15) is 0 Å². The van der Waals surface area contributed by atoms with E-state index in [1.165, 1.54) is 0 Å². The minimum atomic E-state index is -0.358. The van der Waals surface area contributed by atoms with Gasteiger partial charge in [0.2, 0.25) is 0 Å². The van der Waals surface area contributed by atoms with Gasteiger partial charge in [-0.15, -0.1) is 0 Å². The molecule has 4 nitrogen and oxygen atoms in total. The van der Waals surface area contributed by atoms with Gasteiger partial charge in [0, 0.05) is 18.5 Å². The van der Waals surface area contributed by atoms with Crippen LogP contribution in [0.25, 0.3) is 11.1 Å². The Morgan fingerprint density at radius 1 is 1.35 bits per heavy atom. The summed E-state index contributed by atoms with van der Waals surface area (Å²) in [5, 5.41) is 0. The summed E-state index contributed by atoms with van der Waals surface area (Å²) in [6.07, 6.45) is 1.32. The Hall–Kier alpha value is -1.84. The summed E-state index contributed by atoms with van der Waals surface area (Å²) < 4.78 is 6.73. The number of hydrogen-bond acceptors (Lipinski definition) is 3. The molecule has 90 valence electrons. The Bertz CT molecular complexity index is 607. The van der Waals surface area contributed by atoms with Crippen LogP contribution in [0.3, 0.4) is 0 Å². The number of oxazole rings is 1. The lowest BCUT2D eigenvalue weighted by molar-refractivity contribution is 0.0988. The van der Waals surface area contributed by atoms with Crippen LogP contribution in [0, 0.1) is 0 Å². The van der Waals surface area contributed by atoms with E-state index in [1.807, 2.05) is 13.8 Å². The predicted octanol–water partition coefficient (Wildman–Crippen LogP) is 2.60. The van der Waals surface area contributed by atoms with Gasteiger partial charge in [-0.25, -0.2) is 4.79 Å². The van der Waals surface area contributed by atoms with Gasteiger partial charge in [-0.2, -0.15) is 0 Å². The van der Waals surface area contributed by atoms with Gasteiger partial charge in [0.05, 0.1) is 5.52 Å². The second-order valence-electron chi connectivity index (χ2n) is 3.98. The number of carbonyl (C=O) groups excluding carboxylic acids is 1. The van der Waals surface area contributed by atoms with E-state index in [0.717, 1.165) is 11.9 Å². The number of ketones is 1. The Balaban J connectivity index is 2.57. The van der Waals surface area contributed by atoms with E-state index in [-0.39, 0.29) is 11.5 Å². The van der Waals surface area contributed by atoms with Crippen molar-refractivity contribution in [3.8, 4) is 0 Å². The molecule has 0 aliphatic carbocycles. The molecule has 2 rings (SSSR count). The molecule has 0 bridgehead atoms. The average molecular weight is 233 g/mol. The van der Waals surface area contributed by atoms with Gasteiger partial charge >= 0.3 is 5.76 Å². The number of benzene rings is 1. The summed E-state index contributed by atoms with van der Waals surface area (Å²) in [7, 11) is 0. The van der Waals surface area contributed by atoms with Crippen molar-refractivity contribution in [1.29, 1.82) is 0 Å². The lowest BCUT2D eigenvalue weighted by Crippen LogP contribution is -2.13. The Kier molecular flexibility index (Phi) is 3.13. The molecule has 1 aromatic heterocycles. The minimum absolute atomic E-state index is 0.0535. The van der Waals surface area contributed by atoms with Crippen LogP contribution in [-0.4, -0.2) is 10.4 Å². The van der Waals surface area contributed by atoms with Gasteiger partial charge in [-0.3, -0.25) is 9.36 Å². The third-order valence-corrected chi connectivity index (χ3v) is 2.76. The molecule has 0 aliphatic heterocycles. The van der Waals surface area contributed by atoms with Crippen LogP contribution in [-0.2, 0) is 6.54 Å². The van der Waals surface area contributed by atoms with Crippen LogP contribution in [0.2, 0.25) is 0 Å². The van der Waals surface area contributed by atoms with Crippen LogP contribution in [0.4, 0.5) is 0 Å². The third kappa shape index (κ3) is 2.02. The van der Waals surface area contributed by atoms with Crippen molar-refractivity contribution in [1.82, 2.24) is 4.57 Å². The summed E-state index contributed by atoms with van der Waals surface area (Å²) in [6.45, 7) is 4.44. The lowest BCUT2D eigenvalue weighted by Gasteiger charge is -2.00. The number of aromatic nitrogens is 1. The van der Waals surface area contributed by atoms with E-state index in [4.69, 9.17) is 4.42 Å². The van der Waals surface area contributed by atoms with E-state index in [2.05, 4.69) is 0 Å². The maximum Gasteiger partial charge on any atom is 0.419 e. The molecule has 17 heavy (non-hydrogen) atoms. The van der Waals surface area contributed by atoms with Crippen molar-refractivity contribution in [3.63, 3.8) is 0 Å². The monoisotopic (exact) mass is 233 g/mol. The highest BCUT2D eigenvalue weighted by Gasteiger charge is 2.11. The zero-order valence-electron chi connectivity index (χ0n) is 10.0. The molecule has 0 aliphatic rings. The molecule has 0 unspecified atom stereocenters. The highest BCUT2D eigenvalue weighted by Crippen LogP contribution is 2.16. The fraction of sp³-hybridized carbons (Fsp3) is 0.385.